The van der Waals surface area contributed by atoms with Crippen LogP contribution in [0.4, 0.5) is 17.6 Å². The van der Waals surface area contributed by atoms with E-state index in [0.717, 1.165) is 19.3 Å². The van der Waals surface area contributed by atoms with Gasteiger partial charge in [0.25, 0.3) is 0 Å². The molecule has 0 aromatic carbocycles. The van der Waals surface area contributed by atoms with Crippen LogP contribution in [-0.2, 0) is 9.53 Å². The van der Waals surface area contributed by atoms with E-state index in [9.17, 15) is 22.4 Å². The Hall–Kier alpha value is -0.650. The molecular weight excluding hydrogens is 228 g/mol. The summed E-state index contributed by atoms with van der Waals surface area (Å²) in [5.74, 6) is -4.14. The number of carbonyl (C=O) groups is 1. The Bertz CT molecular complexity index is 239. The molecule has 1 rings (SSSR count). The lowest BCUT2D eigenvalue weighted by Crippen LogP contribution is -2.33. The Morgan fingerprint density at radius 1 is 1.38 bits per heavy atom. The number of alkyl halides is 4. The van der Waals surface area contributed by atoms with E-state index in [0.29, 0.717) is 12.3 Å². The fraction of sp³-hybridized carbons (Fsp3) is 0.900. The molecule has 94 valence electrons. The van der Waals surface area contributed by atoms with Gasteiger partial charge in [0.2, 0.25) is 0 Å². The zero-order valence-corrected chi connectivity index (χ0v) is 8.73. The second-order valence-corrected chi connectivity index (χ2v) is 4.09. The van der Waals surface area contributed by atoms with E-state index < -0.39 is 25.6 Å². The van der Waals surface area contributed by atoms with Crippen molar-refractivity contribution in [2.75, 3.05) is 13.2 Å². The monoisotopic (exact) mass is 242 g/mol. The van der Waals surface area contributed by atoms with Crippen molar-refractivity contribution in [3.8, 4) is 0 Å². The molecule has 1 saturated carbocycles. The molecule has 0 aromatic heterocycles. The predicted octanol–water partition coefficient (Wildman–Crippen LogP) is 2.66. The summed E-state index contributed by atoms with van der Waals surface area (Å²) in [5, 5.41) is 0. The van der Waals surface area contributed by atoms with Crippen molar-refractivity contribution in [2.45, 2.75) is 38.0 Å². The molecular formula is C10H14F4O2. The molecule has 0 aliphatic heterocycles. The highest BCUT2D eigenvalue weighted by molar-refractivity contribution is 5.79. The summed E-state index contributed by atoms with van der Waals surface area (Å²) < 4.78 is 52.4. The van der Waals surface area contributed by atoms with E-state index in [-0.39, 0.29) is 5.78 Å². The summed E-state index contributed by atoms with van der Waals surface area (Å²) in [5.41, 5.74) is 0. The Kier molecular flexibility index (Phi) is 4.70. The van der Waals surface area contributed by atoms with E-state index in [4.69, 9.17) is 0 Å². The van der Waals surface area contributed by atoms with Crippen LogP contribution in [0.5, 0.6) is 0 Å². The van der Waals surface area contributed by atoms with Crippen LogP contribution in [0.15, 0.2) is 0 Å². The molecule has 0 saturated heterocycles. The Labute approximate surface area is 91.0 Å². The van der Waals surface area contributed by atoms with Gasteiger partial charge in [-0.1, -0.05) is 19.3 Å². The van der Waals surface area contributed by atoms with Crippen LogP contribution in [-0.4, -0.2) is 31.3 Å². The molecule has 0 N–H and O–H groups in total. The molecule has 0 unspecified atom stereocenters. The fourth-order valence-corrected chi connectivity index (χ4v) is 1.44. The van der Waals surface area contributed by atoms with Gasteiger partial charge in [-0.25, -0.2) is 8.78 Å². The molecule has 0 radical (unpaired) electrons. The second-order valence-electron chi connectivity index (χ2n) is 4.09. The van der Waals surface area contributed by atoms with Gasteiger partial charge in [0.05, 0.1) is 0 Å². The molecule has 6 heteroatoms. The minimum atomic E-state index is -4.17. The minimum absolute atomic E-state index is 0.297. The average Bonchev–Trinajstić information content (AvgIpc) is 2.11. The van der Waals surface area contributed by atoms with Crippen LogP contribution in [0.1, 0.15) is 25.7 Å². The van der Waals surface area contributed by atoms with Gasteiger partial charge < -0.3 is 4.74 Å². The third kappa shape index (κ3) is 4.08. The first kappa shape index (κ1) is 13.4. The quantitative estimate of drug-likeness (QED) is 0.641. The van der Waals surface area contributed by atoms with Crippen LogP contribution in [0.25, 0.3) is 0 Å². The molecule has 0 spiro atoms. The number of Topliss-reactive ketones (excluding diaryl/α,β-unsaturated/α-hetero) is 1. The number of carbonyl (C=O) groups excluding carboxylic acids is 1. The number of ketones is 1. The molecule has 0 heterocycles. The van der Waals surface area contributed by atoms with Crippen LogP contribution in [0.3, 0.4) is 0 Å². The normalized spacial score (nSPS) is 17.6. The van der Waals surface area contributed by atoms with Gasteiger partial charge in [-0.2, -0.15) is 8.78 Å². The second kappa shape index (κ2) is 5.61. The molecule has 0 amide bonds. The van der Waals surface area contributed by atoms with Gasteiger partial charge in [-0.05, 0) is 5.92 Å². The van der Waals surface area contributed by atoms with E-state index in [1.54, 1.807) is 0 Å². The van der Waals surface area contributed by atoms with Gasteiger partial charge in [-0.15, -0.1) is 0 Å². The molecule has 1 aliphatic carbocycles. The van der Waals surface area contributed by atoms with E-state index in [1.165, 1.54) is 0 Å². The zero-order chi connectivity index (χ0) is 12.2. The maximum atomic E-state index is 12.4. The van der Waals surface area contributed by atoms with Gasteiger partial charge in [-0.3, -0.25) is 4.79 Å². The van der Waals surface area contributed by atoms with Crippen molar-refractivity contribution in [1.82, 2.24) is 0 Å². The topological polar surface area (TPSA) is 26.3 Å². The number of halogens is 4. The van der Waals surface area contributed by atoms with Crippen molar-refractivity contribution >= 4 is 5.78 Å². The van der Waals surface area contributed by atoms with Gasteiger partial charge in [0.15, 0.2) is 5.78 Å². The van der Waals surface area contributed by atoms with Gasteiger partial charge in [0.1, 0.15) is 13.2 Å². The highest BCUT2D eigenvalue weighted by Gasteiger charge is 2.41. The molecule has 16 heavy (non-hydrogen) atoms. The van der Waals surface area contributed by atoms with Crippen molar-refractivity contribution in [3.63, 3.8) is 0 Å². The molecule has 0 aromatic rings. The molecule has 0 bridgehead atoms. The summed E-state index contributed by atoms with van der Waals surface area (Å²) in [6.07, 6.45) is -0.422. The van der Waals surface area contributed by atoms with Gasteiger partial charge >= 0.3 is 12.3 Å². The predicted molar refractivity (Wildman–Crippen MR) is 48.7 cm³/mol. The lowest BCUT2D eigenvalue weighted by molar-refractivity contribution is -0.168. The Balaban J connectivity index is 2.12. The highest BCUT2D eigenvalue weighted by Crippen LogP contribution is 2.29. The van der Waals surface area contributed by atoms with Crippen LogP contribution >= 0.6 is 0 Å². The van der Waals surface area contributed by atoms with E-state index >= 15 is 0 Å². The third-order valence-electron chi connectivity index (χ3n) is 2.62. The first-order valence-corrected chi connectivity index (χ1v) is 5.17. The largest absolute Gasteiger partial charge is 0.367 e. The lowest BCUT2D eigenvalue weighted by Gasteiger charge is -2.24. The Morgan fingerprint density at radius 3 is 2.44 bits per heavy atom. The standard InChI is InChI=1S/C10H14F4O2/c11-9(12)10(13,14)6-16-5-8(15)4-7-2-1-3-7/h7,9H,1-6H2. The number of rotatable bonds is 7. The van der Waals surface area contributed by atoms with Crippen molar-refractivity contribution in [1.29, 1.82) is 0 Å². The van der Waals surface area contributed by atoms with Crippen molar-refractivity contribution in [2.24, 2.45) is 5.92 Å². The smallest absolute Gasteiger partial charge is 0.330 e. The minimum Gasteiger partial charge on any atom is -0.367 e. The maximum Gasteiger partial charge on any atom is 0.330 e. The highest BCUT2D eigenvalue weighted by atomic mass is 19.3. The summed E-state index contributed by atoms with van der Waals surface area (Å²) in [7, 11) is 0. The third-order valence-corrected chi connectivity index (χ3v) is 2.62. The molecule has 1 fully saturated rings. The summed E-state index contributed by atoms with van der Waals surface area (Å²) >= 11 is 0. The van der Waals surface area contributed by atoms with Crippen LogP contribution in [0, 0.1) is 5.92 Å². The summed E-state index contributed by atoms with van der Waals surface area (Å²) in [6, 6.07) is 0. The molecule has 0 atom stereocenters. The fourth-order valence-electron chi connectivity index (χ4n) is 1.44. The number of hydrogen-bond acceptors (Lipinski definition) is 2. The number of hydrogen-bond donors (Lipinski definition) is 0. The first-order valence-electron chi connectivity index (χ1n) is 5.17. The van der Waals surface area contributed by atoms with Crippen LogP contribution < -0.4 is 0 Å². The SMILES string of the molecule is O=C(COCC(F)(F)C(F)F)CC1CCC1. The Morgan fingerprint density at radius 2 is 2.00 bits per heavy atom. The van der Waals surface area contributed by atoms with Crippen LogP contribution in [0.2, 0.25) is 0 Å². The van der Waals surface area contributed by atoms with Crippen molar-refractivity contribution < 1.29 is 27.1 Å². The van der Waals surface area contributed by atoms with Gasteiger partial charge in [0, 0.05) is 6.42 Å². The average molecular weight is 242 g/mol. The van der Waals surface area contributed by atoms with Crippen molar-refractivity contribution in [3.05, 3.63) is 0 Å². The zero-order valence-electron chi connectivity index (χ0n) is 8.73. The summed E-state index contributed by atoms with van der Waals surface area (Å²) in [4.78, 5) is 11.1. The maximum absolute atomic E-state index is 12.4. The molecule has 1 aliphatic rings. The van der Waals surface area contributed by atoms with E-state index in [1.807, 2.05) is 0 Å². The molecule has 2 nitrogen and oxygen atoms in total. The number of ether oxygens (including phenoxy) is 1. The summed E-state index contributed by atoms with van der Waals surface area (Å²) in [6.45, 7) is -1.90. The first-order chi connectivity index (χ1) is 7.42. The lowest BCUT2D eigenvalue weighted by atomic mass is 9.82. The van der Waals surface area contributed by atoms with E-state index in [2.05, 4.69) is 4.74 Å².